The summed E-state index contributed by atoms with van der Waals surface area (Å²) in [4.78, 5) is -0.0740. The third-order valence-electron chi connectivity index (χ3n) is 5.42. The summed E-state index contributed by atoms with van der Waals surface area (Å²) in [6.07, 6.45) is 3.39. The van der Waals surface area contributed by atoms with Crippen LogP contribution in [-0.2, 0) is 10.0 Å². The van der Waals surface area contributed by atoms with Crippen molar-refractivity contribution >= 4 is 27.9 Å². The number of anilines is 1. The lowest BCUT2D eigenvalue weighted by Crippen LogP contribution is -2.15. The van der Waals surface area contributed by atoms with E-state index in [9.17, 15) is 13.5 Å². The van der Waals surface area contributed by atoms with Crippen molar-refractivity contribution in [3.8, 4) is 40.2 Å². The van der Waals surface area contributed by atoms with E-state index in [1.54, 1.807) is 30.4 Å². The first-order valence-corrected chi connectivity index (χ1v) is 12.3. The Morgan fingerprint density at radius 1 is 0.676 bits per heavy atom. The van der Waals surface area contributed by atoms with Crippen molar-refractivity contribution in [2.75, 3.05) is 47.4 Å². The molecule has 37 heavy (non-hydrogen) atoms. The summed E-state index contributed by atoms with van der Waals surface area (Å²) >= 11 is 0. The third kappa shape index (κ3) is 5.78. The van der Waals surface area contributed by atoms with Crippen LogP contribution in [0.15, 0.2) is 47.4 Å². The van der Waals surface area contributed by atoms with Crippen molar-refractivity contribution in [2.45, 2.75) is 4.90 Å². The molecule has 198 valence electrons. The molecular formula is C26H29NO9S. The third-order valence-corrected chi connectivity index (χ3v) is 6.76. The largest absolute Gasteiger partial charge is 0.504 e. The van der Waals surface area contributed by atoms with Gasteiger partial charge in [-0.05, 0) is 42.0 Å². The predicted octanol–water partition coefficient (Wildman–Crippen LogP) is 4.42. The number of hydrogen-bond donors (Lipinski definition) is 2. The zero-order valence-corrected chi connectivity index (χ0v) is 22.1. The van der Waals surface area contributed by atoms with E-state index in [0.717, 1.165) is 0 Å². The second-order valence-electron chi connectivity index (χ2n) is 7.50. The standard InChI is InChI=1S/C26H29NO9S/c1-31-20-12-10-18(15-21(20)32-2)37(29,30)27-24-17(9-11-19(28)25(24)35-5)8-7-16-13-22(33-3)26(36-6)23(14-16)34-4/h7-15,27-28H,1-6H3/b8-7-. The van der Waals surface area contributed by atoms with Gasteiger partial charge in [-0.15, -0.1) is 0 Å². The van der Waals surface area contributed by atoms with E-state index < -0.39 is 10.0 Å². The van der Waals surface area contributed by atoms with Crippen LogP contribution in [0.4, 0.5) is 5.69 Å². The number of hydrogen-bond acceptors (Lipinski definition) is 9. The number of nitrogens with one attached hydrogen (secondary N) is 1. The number of ether oxygens (including phenoxy) is 6. The van der Waals surface area contributed by atoms with Gasteiger partial charge in [0.05, 0.1) is 47.6 Å². The van der Waals surface area contributed by atoms with Crippen molar-refractivity contribution in [3.63, 3.8) is 0 Å². The molecule has 3 aromatic carbocycles. The monoisotopic (exact) mass is 531 g/mol. The zero-order chi connectivity index (χ0) is 27.2. The van der Waals surface area contributed by atoms with Crippen molar-refractivity contribution < 1.29 is 41.9 Å². The Balaban J connectivity index is 2.08. The van der Waals surface area contributed by atoms with Gasteiger partial charge in [0.1, 0.15) is 5.69 Å². The molecule has 0 atom stereocenters. The van der Waals surface area contributed by atoms with Gasteiger partial charge in [0.15, 0.2) is 34.5 Å². The van der Waals surface area contributed by atoms with Gasteiger partial charge in [-0.25, -0.2) is 8.42 Å². The van der Waals surface area contributed by atoms with Crippen LogP contribution in [0.25, 0.3) is 12.2 Å². The number of phenols is 1. The molecule has 0 aliphatic carbocycles. The van der Waals surface area contributed by atoms with Crippen molar-refractivity contribution in [2.24, 2.45) is 0 Å². The van der Waals surface area contributed by atoms with E-state index in [1.807, 2.05) is 0 Å². The zero-order valence-electron chi connectivity index (χ0n) is 21.3. The number of benzene rings is 3. The summed E-state index contributed by atoms with van der Waals surface area (Å²) < 4.78 is 61.0. The van der Waals surface area contributed by atoms with E-state index in [4.69, 9.17) is 28.4 Å². The molecule has 0 bridgehead atoms. The Kier molecular flexibility index (Phi) is 8.61. The number of sulfonamides is 1. The van der Waals surface area contributed by atoms with Crippen LogP contribution in [-0.4, -0.2) is 56.2 Å². The van der Waals surface area contributed by atoms with Gasteiger partial charge in [0.25, 0.3) is 10.0 Å². The van der Waals surface area contributed by atoms with E-state index in [0.29, 0.717) is 34.1 Å². The molecule has 0 radical (unpaired) electrons. The molecule has 0 aliphatic heterocycles. The van der Waals surface area contributed by atoms with E-state index in [1.165, 1.54) is 66.9 Å². The summed E-state index contributed by atoms with van der Waals surface area (Å²) in [5.74, 6) is 1.70. The first-order chi connectivity index (χ1) is 17.7. The van der Waals surface area contributed by atoms with Crippen molar-refractivity contribution in [1.29, 1.82) is 0 Å². The van der Waals surface area contributed by atoms with Gasteiger partial charge in [0.2, 0.25) is 5.75 Å². The molecule has 0 aliphatic rings. The highest BCUT2D eigenvalue weighted by atomic mass is 32.2. The molecule has 11 heteroatoms. The highest BCUT2D eigenvalue weighted by molar-refractivity contribution is 7.92. The SMILES string of the molecule is COc1ccc(S(=O)(=O)Nc2c(/C=C\c3cc(OC)c(OC)c(OC)c3)ccc(O)c2OC)cc1OC. The lowest BCUT2D eigenvalue weighted by Gasteiger charge is -2.17. The van der Waals surface area contributed by atoms with E-state index in [2.05, 4.69) is 4.72 Å². The molecule has 0 saturated heterocycles. The molecule has 2 N–H and O–H groups in total. The summed E-state index contributed by atoms with van der Waals surface area (Å²) in [6.45, 7) is 0. The van der Waals surface area contributed by atoms with Crippen LogP contribution in [0.2, 0.25) is 0 Å². The second kappa shape index (κ2) is 11.7. The lowest BCUT2D eigenvalue weighted by atomic mass is 10.1. The number of rotatable bonds is 11. The van der Waals surface area contributed by atoms with Crippen LogP contribution in [0.5, 0.6) is 40.2 Å². The number of aromatic hydroxyl groups is 1. The highest BCUT2D eigenvalue weighted by Gasteiger charge is 2.22. The van der Waals surface area contributed by atoms with Gasteiger partial charge in [0, 0.05) is 11.6 Å². The first kappa shape index (κ1) is 27.3. The molecule has 0 unspecified atom stereocenters. The summed E-state index contributed by atoms with van der Waals surface area (Å²) in [5, 5.41) is 10.3. The van der Waals surface area contributed by atoms with Crippen molar-refractivity contribution in [1.82, 2.24) is 0 Å². The minimum Gasteiger partial charge on any atom is -0.504 e. The first-order valence-electron chi connectivity index (χ1n) is 10.9. The maximum Gasteiger partial charge on any atom is 0.262 e. The fourth-order valence-electron chi connectivity index (χ4n) is 3.60. The Morgan fingerprint density at radius 2 is 1.27 bits per heavy atom. The van der Waals surface area contributed by atoms with Crippen LogP contribution < -0.4 is 33.1 Å². The predicted molar refractivity (Wildman–Crippen MR) is 140 cm³/mol. The topological polar surface area (TPSA) is 122 Å². The molecule has 0 amide bonds. The second-order valence-corrected chi connectivity index (χ2v) is 9.18. The van der Waals surface area contributed by atoms with Crippen LogP contribution >= 0.6 is 0 Å². The minimum absolute atomic E-state index is 0.0426. The van der Waals surface area contributed by atoms with E-state index >= 15 is 0 Å². The Morgan fingerprint density at radius 3 is 1.81 bits per heavy atom. The van der Waals surface area contributed by atoms with Gasteiger partial charge in [-0.3, -0.25) is 4.72 Å². The maximum absolute atomic E-state index is 13.3. The fraction of sp³-hybridized carbons (Fsp3) is 0.231. The van der Waals surface area contributed by atoms with E-state index in [-0.39, 0.29) is 27.8 Å². The van der Waals surface area contributed by atoms with Gasteiger partial charge in [-0.1, -0.05) is 12.2 Å². The summed E-state index contributed by atoms with van der Waals surface area (Å²) in [7, 11) is 4.60. The molecule has 0 fully saturated rings. The Hall–Kier alpha value is -4.25. The Bertz CT molecular complexity index is 1380. The molecule has 0 saturated carbocycles. The van der Waals surface area contributed by atoms with Gasteiger partial charge in [-0.2, -0.15) is 0 Å². The molecule has 0 aromatic heterocycles. The highest BCUT2D eigenvalue weighted by Crippen LogP contribution is 2.41. The molecular weight excluding hydrogens is 502 g/mol. The van der Waals surface area contributed by atoms with Crippen molar-refractivity contribution in [3.05, 3.63) is 53.6 Å². The summed E-state index contributed by atoms with van der Waals surface area (Å²) in [6, 6.07) is 10.6. The number of methoxy groups -OCH3 is 6. The lowest BCUT2D eigenvalue weighted by molar-refractivity contribution is 0.324. The fourth-order valence-corrected chi connectivity index (χ4v) is 4.70. The number of phenolic OH excluding ortho intramolecular Hbond substituents is 1. The summed E-state index contributed by atoms with van der Waals surface area (Å²) in [5.41, 5.74) is 1.16. The molecule has 3 rings (SSSR count). The molecule has 10 nitrogen and oxygen atoms in total. The van der Waals surface area contributed by atoms with Crippen LogP contribution in [0.3, 0.4) is 0 Å². The van der Waals surface area contributed by atoms with Gasteiger partial charge < -0.3 is 33.5 Å². The smallest absolute Gasteiger partial charge is 0.262 e. The minimum atomic E-state index is -4.12. The molecule has 0 spiro atoms. The quantitative estimate of drug-likeness (QED) is 0.346. The molecule has 3 aromatic rings. The van der Waals surface area contributed by atoms with Gasteiger partial charge >= 0.3 is 0 Å². The average Bonchev–Trinajstić information content (AvgIpc) is 2.91. The normalized spacial score (nSPS) is 11.2. The average molecular weight is 532 g/mol. The van der Waals surface area contributed by atoms with Crippen LogP contribution in [0, 0.1) is 0 Å². The Labute approximate surface area is 216 Å². The van der Waals surface area contributed by atoms with Crippen LogP contribution in [0.1, 0.15) is 11.1 Å². The molecule has 0 heterocycles. The maximum atomic E-state index is 13.3.